The Morgan fingerprint density at radius 3 is 1.97 bits per heavy atom. The maximum absolute atomic E-state index is 13.1. The number of carbonyl (C=O) groups excluding carboxylic acids is 4. The Balaban J connectivity index is 1.27. The van der Waals surface area contributed by atoms with Crippen LogP contribution in [0.2, 0.25) is 0 Å². The van der Waals surface area contributed by atoms with Gasteiger partial charge in [0, 0.05) is 15.2 Å². The maximum atomic E-state index is 13.1. The lowest BCUT2D eigenvalue weighted by Gasteiger charge is -2.28. The Bertz CT molecular complexity index is 1070. The molecule has 2 aromatic carbocycles. The predicted octanol–water partition coefficient (Wildman–Crippen LogP) is 4.01. The largest absolute Gasteiger partial charge is 0.454 e. The highest BCUT2D eigenvalue weighted by atomic mass is 79.9. The van der Waals surface area contributed by atoms with E-state index in [0.717, 1.165) is 6.42 Å². The van der Waals surface area contributed by atoms with Crippen LogP contribution in [0.25, 0.3) is 0 Å². The van der Waals surface area contributed by atoms with Gasteiger partial charge in [-0.05, 0) is 42.5 Å². The van der Waals surface area contributed by atoms with E-state index < -0.39 is 5.97 Å². The van der Waals surface area contributed by atoms with Crippen molar-refractivity contribution in [3.05, 3.63) is 65.7 Å². The molecular weight excluding hydrogens is 542 g/mol. The molecule has 0 N–H and O–H groups in total. The second kappa shape index (κ2) is 8.23. The summed E-state index contributed by atoms with van der Waals surface area (Å²) < 4.78 is 5.13. The van der Waals surface area contributed by atoms with Crippen molar-refractivity contribution in [1.29, 1.82) is 0 Å². The second-order valence-electron chi connectivity index (χ2n) is 8.43. The van der Waals surface area contributed by atoms with Gasteiger partial charge in [0.15, 0.2) is 12.4 Å². The molecule has 32 heavy (non-hydrogen) atoms. The first kappa shape index (κ1) is 21.5. The van der Waals surface area contributed by atoms with Crippen LogP contribution in [0, 0.1) is 23.7 Å². The normalized spacial score (nSPS) is 30.5. The molecule has 2 bridgehead atoms. The van der Waals surface area contributed by atoms with E-state index in [-0.39, 0.29) is 63.1 Å². The van der Waals surface area contributed by atoms with Crippen LogP contribution >= 0.6 is 31.9 Å². The van der Waals surface area contributed by atoms with Gasteiger partial charge in [-0.25, -0.2) is 4.79 Å². The maximum Gasteiger partial charge on any atom is 0.338 e. The number of halogens is 2. The number of Topliss-reactive ketones (excluding diaryl/α,β-unsaturated/α-hetero) is 1. The zero-order valence-corrected chi connectivity index (χ0v) is 20.0. The van der Waals surface area contributed by atoms with Crippen LogP contribution in [-0.2, 0) is 14.3 Å². The number of rotatable bonds is 5. The molecular formula is C24H19Br2NO5. The number of nitrogens with zero attached hydrogens (tertiary/aromatic N) is 1. The van der Waals surface area contributed by atoms with E-state index in [4.69, 9.17) is 4.74 Å². The number of hydrogen-bond donors (Lipinski definition) is 0. The van der Waals surface area contributed by atoms with Crippen LogP contribution in [0.1, 0.15) is 27.1 Å². The first-order valence-corrected chi connectivity index (χ1v) is 12.2. The monoisotopic (exact) mass is 559 g/mol. The third-order valence-electron chi connectivity index (χ3n) is 6.78. The lowest BCUT2D eigenvalue weighted by Crippen LogP contribution is -2.37. The standard InChI is InChI=1S/C24H19Br2NO5/c25-20-15-10-16(21(20)26)19-18(15)22(29)27(23(19)30)14-8-6-13(7-9-14)24(31)32-11-17(28)12-4-2-1-3-5-12/h1-9,15-16,18-21H,10-11H2/t15-,16+,18-,19+,20-,21+. The third kappa shape index (κ3) is 3.35. The van der Waals surface area contributed by atoms with Gasteiger partial charge in [-0.2, -0.15) is 0 Å². The van der Waals surface area contributed by atoms with E-state index in [2.05, 4.69) is 31.9 Å². The number of amides is 2. The highest BCUT2D eigenvalue weighted by Gasteiger charge is 2.66. The van der Waals surface area contributed by atoms with Crippen molar-refractivity contribution >= 4 is 61.1 Å². The van der Waals surface area contributed by atoms with Gasteiger partial charge in [0.25, 0.3) is 0 Å². The fourth-order valence-corrected chi connectivity index (χ4v) is 7.15. The Morgan fingerprint density at radius 2 is 1.41 bits per heavy atom. The van der Waals surface area contributed by atoms with Gasteiger partial charge in [-0.1, -0.05) is 62.2 Å². The van der Waals surface area contributed by atoms with E-state index in [9.17, 15) is 19.2 Å². The van der Waals surface area contributed by atoms with Crippen LogP contribution in [-0.4, -0.2) is 39.8 Å². The molecule has 3 aliphatic rings. The predicted molar refractivity (Wildman–Crippen MR) is 124 cm³/mol. The summed E-state index contributed by atoms with van der Waals surface area (Å²) in [6.45, 7) is -0.360. The van der Waals surface area contributed by atoms with Crippen molar-refractivity contribution in [1.82, 2.24) is 0 Å². The lowest BCUT2D eigenvalue weighted by molar-refractivity contribution is -0.123. The molecule has 6 nitrogen and oxygen atoms in total. The molecule has 5 rings (SSSR count). The third-order valence-corrected chi connectivity index (χ3v) is 9.99. The minimum atomic E-state index is -0.640. The minimum Gasteiger partial charge on any atom is -0.454 e. The molecule has 3 fully saturated rings. The molecule has 2 saturated carbocycles. The number of benzene rings is 2. The van der Waals surface area contributed by atoms with Gasteiger partial charge in [0.05, 0.1) is 23.1 Å². The molecule has 2 aromatic rings. The zero-order chi connectivity index (χ0) is 22.6. The molecule has 1 saturated heterocycles. The van der Waals surface area contributed by atoms with Gasteiger partial charge in [-0.3, -0.25) is 19.3 Å². The van der Waals surface area contributed by atoms with E-state index >= 15 is 0 Å². The average molecular weight is 561 g/mol. The summed E-state index contributed by atoms with van der Waals surface area (Å²) in [5.74, 6) is -1.56. The lowest BCUT2D eigenvalue weighted by atomic mass is 9.81. The number of imide groups is 1. The van der Waals surface area contributed by atoms with Gasteiger partial charge >= 0.3 is 5.97 Å². The summed E-state index contributed by atoms with van der Waals surface area (Å²) >= 11 is 7.36. The summed E-state index contributed by atoms with van der Waals surface area (Å²) in [5, 5.41) is 0. The van der Waals surface area contributed by atoms with Crippen LogP contribution < -0.4 is 4.90 Å². The molecule has 2 aliphatic carbocycles. The highest BCUT2D eigenvalue weighted by molar-refractivity contribution is 9.12. The number of alkyl halides is 2. The summed E-state index contributed by atoms with van der Waals surface area (Å²) in [4.78, 5) is 52.3. The molecule has 0 spiro atoms. The smallest absolute Gasteiger partial charge is 0.338 e. The first-order chi connectivity index (χ1) is 15.4. The number of ether oxygens (including phenoxy) is 1. The first-order valence-electron chi connectivity index (χ1n) is 10.4. The Kier molecular flexibility index (Phi) is 5.53. The Hall–Kier alpha value is -2.32. The van der Waals surface area contributed by atoms with Gasteiger partial charge in [-0.15, -0.1) is 0 Å². The summed E-state index contributed by atoms with van der Waals surface area (Å²) in [5.41, 5.74) is 1.16. The summed E-state index contributed by atoms with van der Waals surface area (Å²) in [6.07, 6.45) is 0.874. The number of anilines is 1. The van der Waals surface area contributed by atoms with Gasteiger partial charge < -0.3 is 4.74 Å². The van der Waals surface area contributed by atoms with Crippen molar-refractivity contribution in [2.24, 2.45) is 23.7 Å². The van der Waals surface area contributed by atoms with Crippen molar-refractivity contribution in [2.75, 3.05) is 11.5 Å². The highest BCUT2D eigenvalue weighted by Crippen LogP contribution is 2.60. The van der Waals surface area contributed by atoms with Crippen molar-refractivity contribution in [3.8, 4) is 0 Å². The zero-order valence-electron chi connectivity index (χ0n) is 16.8. The van der Waals surface area contributed by atoms with Crippen LogP contribution in [0.15, 0.2) is 54.6 Å². The van der Waals surface area contributed by atoms with Crippen molar-refractivity contribution < 1.29 is 23.9 Å². The molecule has 0 unspecified atom stereocenters. The van der Waals surface area contributed by atoms with Crippen molar-refractivity contribution in [2.45, 2.75) is 16.1 Å². The molecule has 8 heteroatoms. The van der Waals surface area contributed by atoms with E-state index in [0.29, 0.717) is 11.3 Å². The fourth-order valence-electron chi connectivity index (χ4n) is 5.27. The fraction of sp³-hybridized carbons (Fsp3) is 0.333. The molecule has 164 valence electrons. The number of hydrogen-bond acceptors (Lipinski definition) is 5. The number of esters is 1. The van der Waals surface area contributed by atoms with Crippen molar-refractivity contribution in [3.63, 3.8) is 0 Å². The molecule has 2 amide bonds. The Labute approximate surface area is 201 Å². The molecule has 1 heterocycles. The minimum absolute atomic E-state index is 0.146. The van der Waals surface area contributed by atoms with E-state index in [1.54, 1.807) is 42.5 Å². The number of ketones is 1. The molecule has 6 atom stereocenters. The summed E-state index contributed by atoms with van der Waals surface area (Å²) in [7, 11) is 0. The van der Waals surface area contributed by atoms with E-state index in [1.165, 1.54) is 17.0 Å². The topological polar surface area (TPSA) is 80.8 Å². The van der Waals surface area contributed by atoms with Gasteiger partial charge in [0.1, 0.15) is 0 Å². The second-order valence-corrected chi connectivity index (χ2v) is 10.5. The van der Waals surface area contributed by atoms with Gasteiger partial charge in [0.2, 0.25) is 11.8 Å². The average Bonchev–Trinajstić information content (AvgIpc) is 3.42. The summed E-state index contributed by atoms with van der Waals surface area (Å²) in [6, 6.07) is 14.8. The van der Waals surface area contributed by atoms with Crippen LogP contribution in [0.3, 0.4) is 0 Å². The van der Waals surface area contributed by atoms with E-state index in [1.807, 2.05) is 0 Å². The molecule has 1 aliphatic heterocycles. The molecule has 0 radical (unpaired) electrons. The SMILES string of the molecule is O=C(COC(=O)c1ccc(N2C(=O)[C@@H]3[C@H]4C[C@H]([C@H](Br)[C@@H]4Br)[C@@H]3C2=O)cc1)c1ccccc1. The van der Waals surface area contributed by atoms with Crippen LogP contribution in [0.4, 0.5) is 5.69 Å². The number of carbonyl (C=O) groups is 4. The quantitative estimate of drug-likeness (QED) is 0.239. The Morgan fingerprint density at radius 1 is 0.844 bits per heavy atom. The molecule has 0 aromatic heterocycles. The number of fused-ring (bicyclic) bond motifs is 5. The van der Waals surface area contributed by atoms with Crippen LogP contribution in [0.5, 0.6) is 0 Å².